The highest BCUT2D eigenvalue weighted by Gasteiger charge is 1.90. The lowest BCUT2D eigenvalue weighted by Crippen LogP contribution is -1.91. The summed E-state index contributed by atoms with van der Waals surface area (Å²) in [6.45, 7) is 3.34. The van der Waals surface area contributed by atoms with Gasteiger partial charge in [0.05, 0.1) is 15.9 Å². The molecule has 0 saturated heterocycles. The molecule has 0 aliphatic rings. The van der Waals surface area contributed by atoms with Crippen molar-refractivity contribution in [2.75, 3.05) is 0 Å². The van der Waals surface area contributed by atoms with E-state index < -0.39 is 0 Å². The lowest BCUT2D eigenvalue weighted by Gasteiger charge is -1.88. The Labute approximate surface area is 44.8 Å². The Morgan fingerprint density at radius 3 is 2.71 bits per heavy atom. The highest BCUT2D eigenvalue weighted by Crippen LogP contribution is 1.90. The summed E-state index contributed by atoms with van der Waals surface area (Å²) in [5.74, 6) is -0.278. The van der Waals surface area contributed by atoms with Crippen LogP contribution in [0, 0.1) is 0 Å². The minimum atomic E-state index is -0.278. The van der Waals surface area contributed by atoms with E-state index in [1.165, 1.54) is 6.08 Å². The number of carbonyl (C=O) groups is 1. The third-order valence-corrected chi connectivity index (χ3v) is 0.705. The third kappa shape index (κ3) is 3.47. The van der Waals surface area contributed by atoms with Crippen LogP contribution in [0.25, 0.3) is 0 Å². The maximum Gasteiger partial charge on any atom is 0.311 e. The molecule has 0 aromatic carbocycles. The van der Waals surface area contributed by atoms with Crippen LogP contribution in [0.15, 0.2) is 12.7 Å². The number of hydrogen-bond donors (Lipinski definition) is 0. The SMILES string of the molecule is C=CCC(=O)OP. The average molecular weight is 118 g/mol. The summed E-state index contributed by atoms with van der Waals surface area (Å²) < 4.78 is 4.20. The van der Waals surface area contributed by atoms with Gasteiger partial charge in [-0.15, -0.1) is 6.58 Å². The lowest BCUT2D eigenvalue weighted by molar-refractivity contribution is -0.132. The summed E-state index contributed by atoms with van der Waals surface area (Å²) in [4.78, 5) is 10.1. The molecule has 0 heterocycles. The van der Waals surface area contributed by atoms with Crippen LogP contribution < -0.4 is 0 Å². The molecule has 0 amide bonds. The Balaban J connectivity index is 3.17. The second-order valence-electron chi connectivity index (χ2n) is 0.983. The molecule has 0 spiro atoms. The van der Waals surface area contributed by atoms with Gasteiger partial charge in [0.2, 0.25) is 0 Å². The van der Waals surface area contributed by atoms with Crippen LogP contribution in [-0.2, 0) is 9.32 Å². The molecule has 0 saturated carbocycles. The summed E-state index contributed by atoms with van der Waals surface area (Å²) in [5.41, 5.74) is 0. The Hall–Kier alpha value is -0.360. The van der Waals surface area contributed by atoms with Crippen molar-refractivity contribution in [2.24, 2.45) is 0 Å². The van der Waals surface area contributed by atoms with Crippen LogP contribution in [-0.4, -0.2) is 5.97 Å². The van der Waals surface area contributed by atoms with Crippen molar-refractivity contribution >= 4 is 15.4 Å². The third-order valence-electron chi connectivity index (χ3n) is 0.442. The van der Waals surface area contributed by atoms with Crippen LogP contribution in [0.2, 0.25) is 0 Å². The van der Waals surface area contributed by atoms with Gasteiger partial charge in [0, 0.05) is 0 Å². The number of carbonyl (C=O) groups excluding carboxylic acids is 1. The Morgan fingerprint density at radius 1 is 2.00 bits per heavy atom. The molecule has 0 aromatic rings. The molecule has 0 aliphatic heterocycles. The van der Waals surface area contributed by atoms with E-state index in [1.807, 2.05) is 9.47 Å². The molecule has 1 unspecified atom stereocenters. The van der Waals surface area contributed by atoms with Crippen LogP contribution in [0.5, 0.6) is 0 Å². The fraction of sp³-hybridized carbons (Fsp3) is 0.250. The molecule has 40 valence electrons. The van der Waals surface area contributed by atoms with Crippen molar-refractivity contribution in [3.05, 3.63) is 12.7 Å². The maximum atomic E-state index is 10.1. The van der Waals surface area contributed by atoms with Crippen LogP contribution >= 0.6 is 9.47 Å². The van der Waals surface area contributed by atoms with Crippen molar-refractivity contribution in [3.8, 4) is 0 Å². The van der Waals surface area contributed by atoms with E-state index in [-0.39, 0.29) is 12.4 Å². The smallest absolute Gasteiger partial charge is 0.311 e. The van der Waals surface area contributed by atoms with E-state index in [0.717, 1.165) is 0 Å². The zero-order valence-electron chi connectivity index (χ0n) is 3.89. The van der Waals surface area contributed by atoms with Crippen molar-refractivity contribution in [2.45, 2.75) is 6.42 Å². The maximum absolute atomic E-state index is 10.1. The predicted octanol–water partition coefficient (Wildman–Crippen LogP) is 0.896. The molecular formula is C4H7O2P. The molecule has 0 N–H and O–H groups in total. The van der Waals surface area contributed by atoms with Gasteiger partial charge in [-0.3, -0.25) is 4.79 Å². The summed E-state index contributed by atoms with van der Waals surface area (Å²) in [5, 5.41) is 0. The first kappa shape index (κ1) is 6.64. The van der Waals surface area contributed by atoms with Crippen molar-refractivity contribution in [1.82, 2.24) is 0 Å². The first-order valence-corrected chi connectivity index (χ1v) is 2.29. The van der Waals surface area contributed by atoms with Crippen molar-refractivity contribution < 1.29 is 9.32 Å². The summed E-state index contributed by atoms with van der Waals surface area (Å²) in [6.07, 6.45) is 1.77. The first-order valence-electron chi connectivity index (χ1n) is 1.81. The van der Waals surface area contributed by atoms with Crippen molar-refractivity contribution in [3.63, 3.8) is 0 Å². The zero-order valence-corrected chi connectivity index (χ0v) is 5.04. The topological polar surface area (TPSA) is 26.3 Å². The van der Waals surface area contributed by atoms with Gasteiger partial charge in [-0.2, -0.15) is 0 Å². The standard InChI is InChI=1S/C4H7O2P/c1-2-3-4(5)6-7/h2H,1,3,7H2. The van der Waals surface area contributed by atoms with Gasteiger partial charge in [0.15, 0.2) is 0 Å². The molecule has 0 radical (unpaired) electrons. The number of rotatable bonds is 2. The quantitative estimate of drug-likeness (QED) is 0.397. The van der Waals surface area contributed by atoms with Gasteiger partial charge >= 0.3 is 5.97 Å². The van der Waals surface area contributed by atoms with Gasteiger partial charge in [0.1, 0.15) is 0 Å². The molecule has 1 atom stereocenters. The van der Waals surface area contributed by atoms with Gasteiger partial charge in [0.25, 0.3) is 0 Å². The van der Waals surface area contributed by atoms with E-state index in [0.29, 0.717) is 0 Å². The van der Waals surface area contributed by atoms with E-state index >= 15 is 0 Å². The zero-order chi connectivity index (χ0) is 5.70. The van der Waals surface area contributed by atoms with E-state index in [2.05, 4.69) is 11.1 Å². The lowest BCUT2D eigenvalue weighted by atomic mass is 10.4. The minimum absolute atomic E-state index is 0.278. The fourth-order valence-electron chi connectivity index (χ4n) is 0.166. The summed E-state index contributed by atoms with van der Waals surface area (Å²) in [7, 11) is 1.87. The molecule has 0 aromatic heterocycles. The Morgan fingerprint density at radius 2 is 2.57 bits per heavy atom. The predicted molar refractivity (Wildman–Crippen MR) is 30.6 cm³/mol. The van der Waals surface area contributed by atoms with Crippen molar-refractivity contribution in [1.29, 1.82) is 0 Å². The summed E-state index contributed by atoms with van der Waals surface area (Å²) >= 11 is 0. The summed E-state index contributed by atoms with van der Waals surface area (Å²) in [6, 6.07) is 0. The Bertz CT molecular complexity index is 79.8. The largest absolute Gasteiger partial charge is 0.451 e. The van der Waals surface area contributed by atoms with E-state index in [4.69, 9.17) is 0 Å². The molecule has 0 rings (SSSR count). The molecule has 7 heavy (non-hydrogen) atoms. The van der Waals surface area contributed by atoms with E-state index in [9.17, 15) is 4.79 Å². The van der Waals surface area contributed by atoms with Gasteiger partial charge in [-0.05, 0) is 0 Å². The molecular weight excluding hydrogens is 111 g/mol. The minimum Gasteiger partial charge on any atom is -0.451 e. The van der Waals surface area contributed by atoms with E-state index in [1.54, 1.807) is 0 Å². The molecule has 3 heteroatoms. The van der Waals surface area contributed by atoms with Crippen LogP contribution in [0.1, 0.15) is 6.42 Å². The molecule has 0 aliphatic carbocycles. The number of hydrogen-bond acceptors (Lipinski definition) is 2. The highest BCUT2D eigenvalue weighted by atomic mass is 31.0. The normalized spacial score (nSPS) is 7.57. The molecule has 0 fully saturated rings. The second kappa shape index (κ2) is 3.82. The molecule has 2 nitrogen and oxygen atoms in total. The van der Waals surface area contributed by atoms with Gasteiger partial charge in [-0.1, -0.05) is 6.08 Å². The first-order chi connectivity index (χ1) is 3.31. The fourth-order valence-corrected chi connectivity index (χ4v) is 0.262. The highest BCUT2D eigenvalue weighted by molar-refractivity contribution is 7.10. The van der Waals surface area contributed by atoms with Gasteiger partial charge in [-0.25, -0.2) is 0 Å². The van der Waals surface area contributed by atoms with Gasteiger partial charge < -0.3 is 4.52 Å². The molecule has 0 bridgehead atoms. The monoisotopic (exact) mass is 118 g/mol. The second-order valence-corrected chi connectivity index (χ2v) is 1.22. The van der Waals surface area contributed by atoms with Crippen LogP contribution in [0.3, 0.4) is 0 Å². The average Bonchev–Trinajstić information content (AvgIpc) is 1.68. The Kier molecular flexibility index (Phi) is 3.62. The van der Waals surface area contributed by atoms with Crippen LogP contribution in [0.4, 0.5) is 0 Å².